The number of benzene rings is 2. The smallest absolute Gasteiger partial charge is 0.328 e. The molecular formula is C22H27BrN2O5. The topological polar surface area (TPSA) is 96.9 Å². The van der Waals surface area contributed by atoms with Crippen LogP contribution in [0.15, 0.2) is 46.9 Å². The molecule has 7 nitrogen and oxygen atoms in total. The van der Waals surface area contributed by atoms with Gasteiger partial charge in [-0.25, -0.2) is 4.79 Å². The molecule has 2 aromatic rings. The molecule has 0 aliphatic heterocycles. The van der Waals surface area contributed by atoms with Crippen LogP contribution in [0.5, 0.6) is 11.5 Å². The van der Waals surface area contributed by atoms with Crippen LogP contribution in [0.2, 0.25) is 0 Å². The number of phenols is 1. The molecule has 0 saturated heterocycles. The lowest BCUT2D eigenvalue weighted by Gasteiger charge is -2.18. The highest BCUT2D eigenvalue weighted by molar-refractivity contribution is 9.10. The van der Waals surface area contributed by atoms with Crippen LogP contribution >= 0.6 is 15.9 Å². The molecule has 0 radical (unpaired) electrons. The molecule has 0 aliphatic rings. The molecule has 3 N–H and O–H groups in total. The number of methoxy groups -OCH3 is 1. The van der Waals surface area contributed by atoms with Crippen molar-refractivity contribution in [2.24, 2.45) is 0 Å². The van der Waals surface area contributed by atoms with Crippen LogP contribution in [0.3, 0.4) is 0 Å². The Labute approximate surface area is 184 Å². The van der Waals surface area contributed by atoms with Crippen LogP contribution in [0.1, 0.15) is 28.8 Å². The van der Waals surface area contributed by atoms with Gasteiger partial charge in [-0.15, -0.1) is 0 Å². The van der Waals surface area contributed by atoms with E-state index in [4.69, 9.17) is 9.47 Å². The van der Waals surface area contributed by atoms with Crippen molar-refractivity contribution in [3.05, 3.63) is 58.1 Å². The van der Waals surface area contributed by atoms with Crippen LogP contribution in [0.25, 0.3) is 0 Å². The molecule has 0 aliphatic carbocycles. The first-order chi connectivity index (χ1) is 14.5. The Morgan fingerprint density at radius 1 is 1.17 bits per heavy atom. The number of carbonyl (C=O) groups is 2. The first-order valence-electron chi connectivity index (χ1n) is 9.68. The van der Waals surface area contributed by atoms with E-state index in [1.54, 1.807) is 0 Å². The third-order valence-corrected chi connectivity index (χ3v) is 5.07. The zero-order chi connectivity index (χ0) is 21.9. The number of hydrogen-bond donors (Lipinski definition) is 3. The second-order valence-electron chi connectivity index (χ2n) is 6.70. The maximum atomic E-state index is 12.7. The minimum atomic E-state index is -0.883. The van der Waals surface area contributed by atoms with Gasteiger partial charge in [0.25, 0.3) is 5.91 Å². The molecule has 30 heavy (non-hydrogen) atoms. The molecule has 0 heterocycles. The molecule has 2 rings (SSSR count). The summed E-state index contributed by atoms with van der Waals surface area (Å²) in [5.41, 5.74) is 0.909. The summed E-state index contributed by atoms with van der Waals surface area (Å²) >= 11 is 3.37. The van der Waals surface area contributed by atoms with Crippen molar-refractivity contribution in [3.63, 3.8) is 0 Å². The lowest BCUT2D eigenvalue weighted by molar-refractivity contribution is -0.142. The third-order valence-electron chi connectivity index (χ3n) is 4.45. The zero-order valence-electron chi connectivity index (χ0n) is 17.1. The normalized spacial score (nSPS) is 11.6. The molecule has 2 aromatic carbocycles. The van der Waals surface area contributed by atoms with E-state index < -0.39 is 17.9 Å². The maximum absolute atomic E-state index is 12.7. The van der Waals surface area contributed by atoms with Crippen molar-refractivity contribution >= 4 is 27.8 Å². The fourth-order valence-corrected chi connectivity index (χ4v) is 3.30. The minimum absolute atomic E-state index is 0.0337. The summed E-state index contributed by atoms with van der Waals surface area (Å²) in [4.78, 5) is 24.9. The van der Waals surface area contributed by atoms with Crippen molar-refractivity contribution in [2.75, 3.05) is 27.3 Å². The SMILES string of the molecule is CNCCCCOc1cc(O)c(C(=O)NC(Cc2ccccc2)C(=O)OC)cc1Br. The number of halogens is 1. The highest BCUT2D eigenvalue weighted by atomic mass is 79.9. The van der Waals surface area contributed by atoms with Crippen LogP contribution in [0, 0.1) is 0 Å². The first kappa shape index (κ1) is 23.7. The van der Waals surface area contributed by atoms with Crippen molar-refractivity contribution in [3.8, 4) is 11.5 Å². The zero-order valence-corrected chi connectivity index (χ0v) is 18.7. The quantitative estimate of drug-likeness (QED) is 0.339. The molecule has 1 unspecified atom stereocenters. The van der Waals surface area contributed by atoms with Gasteiger partial charge in [0.15, 0.2) is 0 Å². The third kappa shape index (κ3) is 7.03. The van der Waals surface area contributed by atoms with E-state index in [1.807, 2.05) is 37.4 Å². The average Bonchev–Trinajstić information content (AvgIpc) is 2.75. The number of nitrogens with one attached hydrogen (secondary N) is 2. The number of esters is 1. The summed E-state index contributed by atoms with van der Waals surface area (Å²) in [5.74, 6) is -0.932. The predicted octanol–water partition coefficient (Wildman–Crippen LogP) is 3.05. The monoisotopic (exact) mass is 478 g/mol. The van der Waals surface area contributed by atoms with Gasteiger partial charge >= 0.3 is 5.97 Å². The molecule has 0 aromatic heterocycles. The number of aromatic hydroxyl groups is 1. The Hall–Kier alpha value is -2.58. The van der Waals surface area contributed by atoms with E-state index in [0.29, 0.717) is 16.8 Å². The van der Waals surface area contributed by atoms with Gasteiger partial charge in [0.2, 0.25) is 0 Å². The second kappa shape index (κ2) is 12.2. The molecule has 0 spiro atoms. The molecular weight excluding hydrogens is 452 g/mol. The highest BCUT2D eigenvalue weighted by Gasteiger charge is 2.24. The Morgan fingerprint density at radius 2 is 1.90 bits per heavy atom. The Kier molecular flexibility index (Phi) is 9.63. The summed E-state index contributed by atoms with van der Waals surface area (Å²) in [6.45, 7) is 1.39. The minimum Gasteiger partial charge on any atom is -0.507 e. The lowest BCUT2D eigenvalue weighted by Crippen LogP contribution is -2.43. The van der Waals surface area contributed by atoms with Gasteiger partial charge in [0, 0.05) is 12.5 Å². The van der Waals surface area contributed by atoms with Crippen LogP contribution in [-0.2, 0) is 16.0 Å². The van der Waals surface area contributed by atoms with Gasteiger partial charge in [-0.3, -0.25) is 4.79 Å². The van der Waals surface area contributed by atoms with E-state index in [2.05, 4.69) is 26.6 Å². The standard InChI is InChI=1S/C22H27BrN2O5/c1-24-10-6-7-11-30-20-14-19(26)16(13-17(20)23)21(27)25-18(22(28)29-2)12-15-8-4-3-5-9-15/h3-5,8-9,13-14,18,24,26H,6-7,10-12H2,1-2H3,(H,25,27). The summed E-state index contributed by atoms with van der Waals surface area (Å²) < 4.78 is 11.0. The number of ether oxygens (including phenoxy) is 2. The molecule has 1 atom stereocenters. The van der Waals surface area contributed by atoms with Crippen LogP contribution in [-0.4, -0.2) is 50.3 Å². The Bertz CT molecular complexity index is 845. The summed E-state index contributed by atoms with van der Waals surface area (Å²) in [5, 5.41) is 16.0. The van der Waals surface area contributed by atoms with E-state index in [1.165, 1.54) is 19.2 Å². The Morgan fingerprint density at radius 3 is 2.57 bits per heavy atom. The van der Waals surface area contributed by atoms with Crippen molar-refractivity contribution in [1.29, 1.82) is 0 Å². The molecule has 162 valence electrons. The number of hydrogen-bond acceptors (Lipinski definition) is 6. The van der Waals surface area contributed by atoms with E-state index in [-0.39, 0.29) is 17.7 Å². The van der Waals surface area contributed by atoms with Crippen molar-refractivity contribution in [2.45, 2.75) is 25.3 Å². The van der Waals surface area contributed by atoms with Gasteiger partial charge in [0.1, 0.15) is 17.5 Å². The second-order valence-corrected chi connectivity index (χ2v) is 7.55. The Balaban J connectivity index is 2.08. The highest BCUT2D eigenvalue weighted by Crippen LogP contribution is 2.32. The molecule has 0 bridgehead atoms. The molecule has 0 fully saturated rings. The number of amides is 1. The van der Waals surface area contributed by atoms with Crippen LogP contribution in [0.4, 0.5) is 0 Å². The average molecular weight is 479 g/mol. The lowest BCUT2D eigenvalue weighted by atomic mass is 10.1. The fraction of sp³-hybridized carbons (Fsp3) is 0.364. The van der Waals surface area contributed by atoms with Gasteiger partial charge in [0.05, 0.1) is 23.8 Å². The van der Waals surface area contributed by atoms with Gasteiger partial charge < -0.3 is 25.2 Å². The first-order valence-corrected chi connectivity index (χ1v) is 10.5. The van der Waals surface area contributed by atoms with Crippen molar-refractivity contribution in [1.82, 2.24) is 10.6 Å². The van der Waals surface area contributed by atoms with Crippen molar-refractivity contribution < 1.29 is 24.2 Å². The number of carbonyl (C=O) groups excluding carboxylic acids is 2. The molecule has 0 saturated carbocycles. The largest absolute Gasteiger partial charge is 0.507 e. The summed E-state index contributed by atoms with van der Waals surface area (Å²) in [6, 6.07) is 11.3. The van der Waals surface area contributed by atoms with Crippen LogP contribution < -0.4 is 15.4 Å². The summed E-state index contributed by atoms with van der Waals surface area (Å²) in [7, 11) is 3.16. The van der Waals surface area contributed by atoms with E-state index >= 15 is 0 Å². The van der Waals surface area contributed by atoms with E-state index in [9.17, 15) is 14.7 Å². The fourth-order valence-electron chi connectivity index (χ4n) is 2.84. The number of phenolic OH excluding ortho intramolecular Hbond substituents is 1. The van der Waals surface area contributed by atoms with Gasteiger partial charge in [-0.2, -0.15) is 0 Å². The maximum Gasteiger partial charge on any atom is 0.328 e. The number of rotatable bonds is 11. The molecule has 1 amide bonds. The van der Waals surface area contributed by atoms with E-state index in [0.717, 1.165) is 24.9 Å². The predicted molar refractivity (Wildman–Crippen MR) is 118 cm³/mol. The summed E-state index contributed by atoms with van der Waals surface area (Å²) in [6.07, 6.45) is 2.10. The number of unbranched alkanes of at least 4 members (excludes halogenated alkanes) is 1. The van der Waals surface area contributed by atoms with Gasteiger partial charge in [-0.05, 0) is 54.0 Å². The molecule has 8 heteroatoms. The van der Waals surface area contributed by atoms with Gasteiger partial charge in [-0.1, -0.05) is 30.3 Å².